The maximum atomic E-state index is 5.62. The number of hydrogen-bond acceptors (Lipinski definition) is 2. The van der Waals surface area contributed by atoms with E-state index in [0.717, 1.165) is 38.8 Å². The number of benzene rings is 9. The number of fused-ring (bicyclic) bond motifs is 9. The fourth-order valence-corrected chi connectivity index (χ4v) is 9.79. The van der Waals surface area contributed by atoms with E-state index in [1.165, 1.54) is 60.5 Å². The summed E-state index contributed by atoms with van der Waals surface area (Å²) in [4.78, 5) is 11.0. The van der Waals surface area contributed by atoms with Crippen LogP contribution in [-0.4, -0.2) is 14.5 Å². The predicted molar refractivity (Wildman–Crippen MR) is 240 cm³/mol. The molecule has 0 N–H and O–H groups in total. The predicted octanol–water partition coefficient (Wildman–Crippen LogP) is 13.6. The molecule has 1 aliphatic carbocycles. The van der Waals surface area contributed by atoms with E-state index < -0.39 is 5.41 Å². The first-order valence-electron chi connectivity index (χ1n) is 19.9. The molecule has 0 aliphatic heterocycles. The van der Waals surface area contributed by atoms with Crippen LogP contribution in [0.1, 0.15) is 22.3 Å². The quantitative estimate of drug-likeness (QED) is 0.176. The Bertz CT molecular complexity index is 3340. The third-order valence-electron chi connectivity index (χ3n) is 12.3. The Labute approximate surface area is 336 Å². The van der Waals surface area contributed by atoms with E-state index in [2.05, 4.69) is 217 Å². The Morgan fingerprint density at radius 2 is 1.02 bits per heavy atom. The monoisotopic (exact) mass is 737 g/mol. The van der Waals surface area contributed by atoms with Crippen molar-refractivity contribution in [2.75, 3.05) is 0 Å². The molecule has 0 unspecified atom stereocenters. The van der Waals surface area contributed by atoms with E-state index in [1.54, 1.807) is 0 Å². The summed E-state index contributed by atoms with van der Waals surface area (Å²) in [5, 5.41) is 5.82. The van der Waals surface area contributed by atoms with Crippen molar-refractivity contribution >= 4 is 43.5 Å². The second-order valence-corrected chi connectivity index (χ2v) is 15.3. The highest BCUT2D eigenvalue weighted by atomic mass is 15.2. The van der Waals surface area contributed by atoms with Gasteiger partial charge in [0.2, 0.25) is 5.95 Å². The van der Waals surface area contributed by atoms with Gasteiger partial charge >= 0.3 is 0 Å². The first kappa shape index (κ1) is 32.6. The Kier molecular flexibility index (Phi) is 7.14. The summed E-state index contributed by atoms with van der Waals surface area (Å²) < 4.78 is 2.28. The summed E-state index contributed by atoms with van der Waals surface area (Å²) in [5.74, 6) is 0.648. The largest absolute Gasteiger partial charge is 0.278 e. The SMILES string of the molecule is c1ccc(-c2ccc3c4c5ccccc5ccc4n(-c4nc(-c5ccc6c(c5)C(c5ccccc5)(c5ccccc5)c5ccccc5-6)c5ccccc5n4)c3c2)cc1. The van der Waals surface area contributed by atoms with Crippen molar-refractivity contribution in [1.29, 1.82) is 0 Å². The lowest BCUT2D eigenvalue weighted by molar-refractivity contribution is 0.768. The molecule has 0 atom stereocenters. The number of aromatic nitrogens is 3. The average molecular weight is 738 g/mol. The van der Waals surface area contributed by atoms with Crippen LogP contribution in [0.5, 0.6) is 0 Å². The molecule has 0 fully saturated rings. The van der Waals surface area contributed by atoms with E-state index in [9.17, 15) is 0 Å². The molecule has 12 rings (SSSR count). The van der Waals surface area contributed by atoms with Crippen molar-refractivity contribution < 1.29 is 0 Å². The lowest BCUT2D eigenvalue weighted by atomic mass is 9.67. The maximum Gasteiger partial charge on any atom is 0.235 e. The standard InChI is InChI=1S/C55H35N3/c1-4-16-36(17-5-1)38-28-32-46-51(35-38)58(50-33-30-37-18-10-11-23-42(37)52(46)50)54-56-49-27-15-13-25-45(49)53(57-54)39-29-31-44-43-24-12-14-26-47(43)55(48(44)34-39,40-19-6-2-7-20-40)41-21-8-3-9-22-41/h1-35H. The molecular weight excluding hydrogens is 703 g/mol. The van der Waals surface area contributed by atoms with Gasteiger partial charge in [0.15, 0.2) is 0 Å². The maximum absolute atomic E-state index is 5.62. The van der Waals surface area contributed by atoms with Crippen molar-refractivity contribution in [3.8, 4) is 39.5 Å². The second-order valence-electron chi connectivity index (χ2n) is 15.3. The van der Waals surface area contributed by atoms with E-state index >= 15 is 0 Å². The van der Waals surface area contributed by atoms with Crippen LogP contribution < -0.4 is 0 Å². The molecule has 0 saturated heterocycles. The van der Waals surface area contributed by atoms with Gasteiger partial charge in [-0.05, 0) is 79.5 Å². The molecule has 2 heterocycles. The fourth-order valence-electron chi connectivity index (χ4n) is 9.79. The molecular formula is C55H35N3. The highest BCUT2D eigenvalue weighted by Crippen LogP contribution is 2.56. The van der Waals surface area contributed by atoms with Crippen molar-refractivity contribution in [3.05, 3.63) is 235 Å². The summed E-state index contributed by atoms with van der Waals surface area (Å²) in [6, 6.07) is 76.8. The van der Waals surface area contributed by atoms with E-state index in [0.29, 0.717) is 5.95 Å². The van der Waals surface area contributed by atoms with Crippen molar-refractivity contribution in [3.63, 3.8) is 0 Å². The van der Waals surface area contributed by atoms with Gasteiger partial charge in [0.05, 0.1) is 27.7 Å². The van der Waals surface area contributed by atoms with Gasteiger partial charge in [-0.1, -0.05) is 188 Å². The zero-order chi connectivity index (χ0) is 38.2. The van der Waals surface area contributed by atoms with Gasteiger partial charge in [-0.15, -0.1) is 0 Å². The summed E-state index contributed by atoms with van der Waals surface area (Å²) in [5.41, 5.74) is 14.4. The van der Waals surface area contributed by atoms with Crippen molar-refractivity contribution in [1.82, 2.24) is 14.5 Å². The van der Waals surface area contributed by atoms with E-state index in [-0.39, 0.29) is 0 Å². The lowest BCUT2D eigenvalue weighted by Crippen LogP contribution is -2.28. The van der Waals surface area contributed by atoms with E-state index in [4.69, 9.17) is 9.97 Å². The molecule has 0 radical (unpaired) electrons. The molecule has 11 aromatic rings. The molecule has 3 nitrogen and oxygen atoms in total. The first-order valence-corrected chi connectivity index (χ1v) is 19.9. The van der Waals surface area contributed by atoms with Gasteiger partial charge in [0.1, 0.15) is 0 Å². The van der Waals surface area contributed by atoms with Crippen LogP contribution in [0.25, 0.3) is 82.9 Å². The summed E-state index contributed by atoms with van der Waals surface area (Å²) in [6.07, 6.45) is 0. The molecule has 0 saturated carbocycles. The van der Waals surface area contributed by atoms with Crippen LogP contribution in [0.3, 0.4) is 0 Å². The third kappa shape index (κ3) is 4.68. The van der Waals surface area contributed by atoms with Gasteiger partial charge in [0.25, 0.3) is 0 Å². The zero-order valence-electron chi connectivity index (χ0n) is 31.5. The topological polar surface area (TPSA) is 30.7 Å². The summed E-state index contributed by atoms with van der Waals surface area (Å²) in [6.45, 7) is 0. The molecule has 1 aliphatic rings. The molecule has 9 aromatic carbocycles. The minimum absolute atomic E-state index is 0.516. The van der Waals surface area contributed by atoms with Crippen LogP contribution in [-0.2, 0) is 5.41 Å². The highest BCUT2D eigenvalue weighted by molar-refractivity contribution is 6.21. The molecule has 2 aromatic heterocycles. The Morgan fingerprint density at radius 1 is 0.379 bits per heavy atom. The molecule has 3 heteroatoms. The average Bonchev–Trinajstić information content (AvgIpc) is 3.80. The Hall–Kier alpha value is -7.62. The molecule has 270 valence electrons. The minimum Gasteiger partial charge on any atom is -0.278 e. The van der Waals surface area contributed by atoms with E-state index in [1.807, 2.05) is 0 Å². The van der Waals surface area contributed by atoms with Crippen molar-refractivity contribution in [2.45, 2.75) is 5.41 Å². The van der Waals surface area contributed by atoms with Gasteiger partial charge in [0, 0.05) is 21.7 Å². The van der Waals surface area contributed by atoms with Crippen LogP contribution in [0, 0.1) is 0 Å². The smallest absolute Gasteiger partial charge is 0.235 e. The number of hydrogen-bond donors (Lipinski definition) is 0. The third-order valence-corrected chi connectivity index (χ3v) is 12.3. The van der Waals surface area contributed by atoms with Crippen LogP contribution in [0.4, 0.5) is 0 Å². The van der Waals surface area contributed by atoms with Crippen LogP contribution in [0.2, 0.25) is 0 Å². The van der Waals surface area contributed by atoms with Crippen molar-refractivity contribution in [2.24, 2.45) is 0 Å². The molecule has 0 bridgehead atoms. The lowest BCUT2D eigenvalue weighted by Gasteiger charge is -2.34. The molecule has 58 heavy (non-hydrogen) atoms. The Morgan fingerprint density at radius 3 is 1.81 bits per heavy atom. The summed E-state index contributed by atoms with van der Waals surface area (Å²) >= 11 is 0. The van der Waals surface area contributed by atoms with Gasteiger partial charge in [-0.3, -0.25) is 4.57 Å². The second kappa shape index (κ2) is 12.7. The first-order chi connectivity index (χ1) is 28.8. The van der Waals surface area contributed by atoms with Gasteiger partial charge < -0.3 is 0 Å². The van der Waals surface area contributed by atoms with Crippen LogP contribution >= 0.6 is 0 Å². The number of rotatable bonds is 5. The van der Waals surface area contributed by atoms with Gasteiger partial charge in [-0.2, -0.15) is 0 Å². The molecule has 0 spiro atoms. The van der Waals surface area contributed by atoms with Crippen LogP contribution in [0.15, 0.2) is 212 Å². The normalized spacial score (nSPS) is 13.0. The molecule has 0 amide bonds. The Balaban J connectivity index is 1.15. The fraction of sp³-hybridized carbons (Fsp3) is 0.0182. The minimum atomic E-state index is -0.516. The number of para-hydroxylation sites is 1. The highest BCUT2D eigenvalue weighted by Gasteiger charge is 2.46. The van der Waals surface area contributed by atoms with Gasteiger partial charge in [-0.25, -0.2) is 9.97 Å². The zero-order valence-corrected chi connectivity index (χ0v) is 31.5. The summed E-state index contributed by atoms with van der Waals surface area (Å²) in [7, 11) is 0. The number of nitrogens with zero attached hydrogens (tertiary/aromatic N) is 3.